The molecule has 3 aromatic heterocycles. The fourth-order valence-corrected chi connectivity index (χ4v) is 7.40. The van der Waals surface area contributed by atoms with Crippen molar-refractivity contribution in [2.75, 3.05) is 4.90 Å². The quantitative estimate of drug-likeness (QED) is 0.211. The third kappa shape index (κ3) is 3.92. The summed E-state index contributed by atoms with van der Waals surface area (Å²) >= 11 is 1.84. The van der Waals surface area contributed by atoms with Crippen molar-refractivity contribution in [3.8, 4) is 11.1 Å². The van der Waals surface area contributed by atoms with Crippen molar-refractivity contribution < 1.29 is 4.42 Å². The normalized spacial score (nSPS) is 11.7. The van der Waals surface area contributed by atoms with Crippen molar-refractivity contribution in [1.82, 2.24) is 4.98 Å². The van der Waals surface area contributed by atoms with Gasteiger partial charge in [-0.3, -0.25) is 0 Å². The smallest absolute Gasteiger partial charge is 0.227 e. The Morgan fingerprint density at radius 2 is 1.19 bits per heavy atom. The molecule has 0 amide bonds. The molecule has 0 aliphatic carbocycles. The summed E-state index contributed by atoms with van der Waals surface area (Å²) in [7, 11) is 0. The van der Waals surface area contributed by atoms with Crippen molar-refractivity contribution in [2.45, 2.75) is 0 Å². The van der Waals surface area contributed by atoms with Crippen LogP contribution in [0.5, 0.6) is 0 Å². The van der Waals surface area contributed by atoms with E-state index in [9.17, 15) is 0 Å². The summed E-state index contributed by atoms with van der Waals surface area (Å²) in [4.78, 5) is 7.01. The second kappa shape index (κ2) is 9.55. The molecule has 0 aliphatic heterocycles. The highest BCUT2D eigenvalue weighted by molar-refractivity contribution is 7.25. The molecule has 0 N–H and O–H groups in total. The second-order valence-corrected chi connectivity index (χ2v) is 11.9. The molecule has 0 spiro atoms. The van der Waals surface area contributed by atoms with Crippen LogP contribution in [0.2, 0.25) is 0 Å². The Kier molecular flexibility index (Phi) is 5.37. The summed E-state index contributed by atoms with van der Waals surface area (Å²) in [5.41, 5.74) is 7.22. The number of nitrogens with zero attached hydrogens (tertiary/aromatic N) is 2. The standard InChI is InChI=1S/C39H24N2OS/c1-2-8-25(9-3-1)26-14-17-28(18-15-26)41(30-20-21-32-31-10-5-7-13-36(31)43-37(32)23-30)29-19-16-27-24-40-39-38(34(27)22-29)33-11-4-6-12-35(33)42-39/h1-24H. The third-order valence-corrected chi connectivity index (χ3v) is 9.45. The zero-order chi connectivity index (χ0) is 28.3. The largest absolute Gasteiger partial charge is 0.438 e. The van der Waals surface area contributed by atoms with E-state index in [1.807, 2.05) is 29.7 Å². The highest BCUT2D eigenvalue weighted by Gasteiger charge is 2.18. The zero-order valence-corrected chi connectivity index (χ0v) is 23.9. The lowest BCUT2D eigenvalue weighted by atomic mass is 10.0. The minimum atomic E-state index is 0.663. The first-order valence-electron chi connectivity index (χ1n) is 14.4. The summed E-state index contributed by atoms with van der Waals surface area (Å²) in [6, 6.07) is 49.7. The highest BCUT2D eigenvalue weighted by Crippen LogP contribution is 2.42. The maximum Gasteiger partial charge on any atom is 0.227 e. The van der Waals surface area contributed by atoms with Gasteiger partial charge in [0.1, 0.15) is 5.58 Å². The number of benzene rings is 6. The van der Waals surface area contributed by atoms with Crippen LogP contribution < -0.4 is 4.90 Å². The lowest BCUT2D eigenvalue weighted by Gasteiger charge is -2.26. The van der Waals surface area contributed by atoms with Gasteiger partial charge >= 0.3 is 0 Å². The van der Waals surface area contributed by atoms with Crippen LogP contribution in [0.4, 0.5) is 17.1 Å². The van der Waals surface area contributed by atoms with E-state index in [0.29, 0.717) is 5.71 Å². The van der Waals surface area contributed by atoms with Crippen LogP contribution in [0.15, 0.2) is 150 Å². The fourth-order valence-electron chi connectivity index (χ4n) is 6.26. The molecule has 0 atom stereocenters. The fraction of sp³-hybridized carbons (Fsp3) is 0. The van der Waals surface area contributed by atoms with Crippen molar-refractivity contribution in [1.29, 1.82) is 0 Å². The van der Waals surface area contributed by atoms with E-state index in [-0.39, 0.29) is 0 Å². The number of anilines is 3. The van der Waals surface area contributed by atoms with Gasteiger partial charge in [0.25, 0.3) is 0 Å². The molecule has 9 rings (SSSR count). The van der Waals surface area contributed by atoms with Gasteiger partial charge in [-0.1, -0.05) is 91.0 Å². The van der Waals surface area contributed by atoms with Crippen LogP contribution in [-0.4, -0.2) is 4.98 Å². The summed E-state index contributed by atoms with van der Waals surface area (Å²) in [6.07, 6.45) is 1.91. The highest BCUT2D eigenvalue weighted by atomic mass is 32.1. The number of para-hydroxylation sites is 1. The maximum absolute atomic E-state index is 6.14. The minimum absolute atomic E-state index is 0.663. The molecular formula is C39H24N2OS. The summed E-state index contributed by atoms with van der Waals surface area (Å²) < 4.78 is 8.72. The van der Waals surface area contributed by atoms with Crippen LogP contribution >= 0.6 is 11.3 Å². The molecule has 202 valence electrons. The summed E-state index contributed by atoms with van der Waals surface area (Å²) in [5, 5.41) is 6.94. The topological polar surface area (TPSA) is 29.3 Å². The van der Waals surface area contributed by atoms with Gasteiger partial charge in [0.15, 0.2) is 0 Å². The van der Waals surface area contributed by atoms with E-state index in [1.54, 1.807) is 0 Å². The molecular weight excluding hydrogens is 545 g/mol. The summed E-state index contributed by atoms with van der Waals surface area (Å²) in [5.74, 6) is 0. The first-order chi connectivity index (χ1) is 21.3. The molecule has 6 aromatic carbocycles. The number of aromatic nitrogens is 1. The molecule has 0 bridgehead atoms. The number of rotatable bonds is 4. The van der Waals surface area contributed by atoms with Crippen LogP contribution in [0.25, 0.3) is 64.1 Å². The Balaban J connectivity index is 1.27. The van der Waals surface area contributed by atoms with Gasteiger partial charge < -0.3 is 9.32 Å². The number of thiophene rings is 1. The van der Waals surface area contributed by atoms with E-state index in [0.717, 1.165) is 44.2 Å². The molecule has 0 radical (unpaired) electrons. The van der Waals surface area contributed by atoms with Crippen molar-refractivity contribution >= 4 is 81.4 Å². The maximum atomic E-state index is 6.14. The second-order valence-electron chi connectivity index (χ2n) is 10.8. The summed E-state index contributed by atoms with van der Waals surface area (Å²) in [6.45, 7) is 0. The molecule has 0 aliphatic rings. The zero-order valence-electron chi connectivity index (χ0n) is 23.1. The van der Waals surface area contributed by atoms with Gasteiger partial charge in [0.05, 0.1) is 5.39 Å². The SMILES string of the molecule is c1ccc(-c2ccc(N(c3ccc4c(c3)sc3ccccc34)c3ccc4cnc5oc6ccccc6c5c4c3)cc2)cc1. The first-order valence-corrected chi connectivity index (χ1v) is 15.2. The third-order valence-electron chi connectivity index (χ3n) is 8.32. The number of pyridine rings is 1. The van der Waals surface area contributed by atoms with Crippen molar-refractivity contribution in [2.24, 2.45) is 0 Å². The predicted molar refractivity (Wildman–Crippen MR) is 182 cm³/mol. The number of fused-ring (bicyclic) bond motifs is 8. The van der Waals surface area contributed by atoms with Gasteiger partial charge in [0.2, 0.25) is 5.71 Å². The first kappa shape index (κ1) is 24.2. The number of hydrogen-bond donors (Lipinski definition) is 0. The molecule has 43 heavy (non-hydrogen) atoms. The molecule has 0 unspecified atom stereocenters. The van der Waals surface area contributed by atoms with E-state index >= 15 is 0 Å². The van der Waals surface area contributed by atoms with Crippen molar-refractivity contribution in [3.05, 3.63) is 146 Å². The van der Waals surface area contributed by atoms with Crippen LogP contribution in [0, 0.1) is 0 Å². The molecule has 4 heteroatoms. The van der Waals surface area contributed by atoms with Gasteiger partial charge in [-0.15, -0.1) is 11.3 Å². The van der Waals surface area contributed by atoms with E-state index < -0.39 is 0 Å². The molecule has 0 fully saturated rings. The van der Waals surface area contributed by atoms with E-state index in [1.165, 1.54) is 31.3 Å². The lowest BCUT2D eigenvalue weighted by Crippen LogP contribution is -2.09. The monoisotopic (exact) mass is 568 g/mol. The van der Waals surface area contributed by atoms with Crippen LogP contribution in [-0.2, 0) is 0 Å². The van der Waals surface area contributed by atoms with E-state index in [4.69, 9.17) is 4.42 Å². The Hall–Kier alpha value is -5.45. The molecule has 3 heterocycles. The average Bonchev–Trinajstić information content (AvgIpc) is 3.64. The van der Waals surface area contributed by atoms with Gasteiger partial charge in [-0.05, 0) is 65.0 Å². The molecule has 3 nitrogen and oxygen atoms in total. The van der Waals surface area contributed by atoms with Crippen molar-refractivity contribution in [3.63, 3.8) is 0 Å². The van der Waals surface area contributed by atoms with Gasteiger partial charge in [0, 0.05) is 54.2 Å². The minimum Gasteiger partial charge on any atom is -0.438 e. The van der Waals surface area contributed by atoms with E-state index in [2.05, 4.69) is 137 Å². The Morgan fingerprint density at radius 3 is 2.07 bits per heavy atom. The predicted octanol–water partition coefficient (Wildman–Crippen LogP) is 11.6. The Morgan fingerprint density at radius 1 is 0.512 bits per heavy atom. The molecule has 0 saturated carbocycles. The molecule has 9 aromatic rings. The lowest BCUT2D eigenvalue weighted by molar-refractivity contribution is 0.654. The number of furan rings is 1. The Labute approximate surface area is 251 Å². The van der Waals surface area contributed by atoms with Gasteiger partial charge in [-0.25, -0.2) is 4.98 Å². The van der Waals surface area contributed by atoms with Crippen LogP contribution in [0.3, 0.4) is 0 Å². The molecule has 0 saturated heterocycles. The number of hydrogen-bond acceptors (Lipinski definition) is 4. The van der Waals surface area contributed by atoms with Gasteiger partial charge in [-0.2, -0.15) is 0 Å². The Bertz CT molecular complexity index is 2460. The van der Waals surface area contributed by atoms with Crippen LogP contribution in [0.1, 0.15) is 0 Å². The average molecular weight is 569 g/mol.